The summed E-state index contributed by atoms with van der Waals surface area (Å²) in [6.07, 6.45) is 16.9. The van der Waals surface area contributed by atoms with Gasteiger partial charge in [0, 0.05) is 0 Å². The monoisotopic (exact) mass is 415 g/mol. The van der Waals surface area contributed by atoms with Crippen LogP contribution in [-0.2, 0) is 0 Å². The molecule has 3 rings (SSSR count). The number of rotatable bonds is 8. The fourth-order valence-corrected chi connectivity index (χ4v) is 6.16. The van der Waals surface area contributed by atoms with Gasteiger partial charge in [-0.3, -0.25) is 0 Å². The summed E-state index contributed by atoms with van der Waals surface area (Å²) in [5.41, 5.74) is 0.278. The Balaban J connectivity index is 1.45. The average Bonchev–Trinajstić information content (AvgIpc) is 2.76. The molecule has 1 aromatic rings. The van der Waals surface area contributed by atoms with Crippen LogP contribution < -0.4 is 0 Å². The molecule has 0 aliphatic heterocycles. The Labute approximate surface area is 182 Å². The van der Waals surface area contributed by atoms with Crippen LogP contribution in [0.15, 0.2) is 12.1 Å². The second-order valence-electron chi connectivity index (χ2n) is 10.1. The number of unbranched alkanes of at least 4 members (excludes halogenated alkanes) is 3. The standard InChI is InChI=1S/C27H39F2N/c1-3-4-5-6-7-20-8-10-21(11-9-20)19(2)22-12-14-23(15-13-22)24-16-26(28)25(18-30)27(29)17-24/h16-17,19-23H,3-15H2,1-2H3/t19?,20?,21?,22-,23-. The van der Waals surface area contributed by atoms with Gasteiger partial charge in [0.05, 0.1) is 0 Å². The summed E-state index contributed by atoms with van der Waals surface area (Å²) in [5, 5.41) is 8.87. The van der Waals surface area contributed by atoms with Gasteiger partial charge >= 0.3 is 0 Å². The maximum absolute atomic E-state index is 14.0. The minimum Gasteiger partial charge on any atom is -0.205 e. The highest BCUT2D eigenvalue weighted by molar-refractivity contribution is 5.36. The lowest BCUT2D eigenvalue weighted by molar-refractivity contribution is 0.131. The van der Waals surface area contributed by atoms with E-state index in [0.29, 0.717) is 0 Å². The van der Waals surface area contributed by atoms with Crippen molar-refractivity contribution in [2.24, 2.45) is 23.7 Å². The Bertz CT molecular complexity index is 683. The lowest BCUT2D eigenvalue weighted by atomic mass is 9.66. The number of hydrogen-bond donors (Lipinski definition) is 0. The molecule has 2 aliphatic carbocycles. The van der Waals surface area contributed by atoms with E-state index in [1.54, 1.807) is 6.07 Å². The van der Waals surface area contributed by atoms with Crippen LogP contribution in [-0.4, -0.2) is 0 Å². The molecule has 1 aromatic carbocycles. The number of nitriles is 1. The van der Waals surface area contributed by atoms with Crippen molar-refractivity contribution < 1.29 is 8.78 Å². The normalized spacial score (nSPS) is 28.1. The van der Waals surface area contributed by atoms with E-state index >= 15 is 0 Å². The third-order valence-electron chi connectivity index (χ3n) is 8.26. The largest absolute Gasteiger partial charge is 0.205 e. The summed E-state index contributed by atoms with van der Waals surface area (Å²) in [7, 11) is 0. The van der Waals surface area contributed by atoms with Crippen molar-refractivity contribution in [2.45, 2.75) is 103 Å². The second-order valence-corrected chi connectivity index (χ2v) is 10.1. The van der Waals surface area contributed by atoms with Crippen LogP contribution in [0.2, 0.25) is 0 Å². The molecule has 2 fully saturated rings. The quantitative estimate of drug-likeness (QED) is 0.390. The predicted molar refractivity (Wildman–Crippen MR) is 119 cm³/mol. The van der Waals surface area contributed by atoms with Gasteiger partial charge in [0.2, 0.25) is 0 Å². The molecule has 0 heterocycles. The van der Waals surface area contributed by atoms with Crippen molar-refractivity contribution in [3.05, 3.63) is 34.9 Å². The summed E-state index contributed by atoms with van der Waals surface area (Å²) in [6.45, 7) is 4.74. The van der Waals surface area contributed by atoms with Crippen molar-refractivity contribution >= 4 is 0 Å². The minimum atomic E-state index is -0.713. The molecule has 1 unspecified atom stereocenters. The molecule has 0 aromatic heterocycles. The first-order valence-corrected chi connectivity index (χ1v) is 12.4. The molecule has 0 radical (unpaired) electrons. The Kier molecular flexibility index (Phi) is 8.72. The van der Waals surface area contributed by atoms with Crippen molar-refractivity contribution in [3.63, 3.8) is 0 Å². The second kappa shape index (κ2) is 11.3. The zero-order valence-electron chi connectivity index (χ0n) is 18.9. The summed E-state index contributed by atoms with van der Waals surface area (Å²) >= 11 is 0. The van der Waals surface area contributed by atoms with Crippen LogP contribution in [0.4, 0.5) is 8.78 Å². The summed E-state index contributed by atoms with van der Waals surface area (Å²) in [6, 6.07) is 4.40. The van der Waals surface area contributed by atoms with E-state index in [2.05, 4.69) is 13.8 Å². The van der Waals surface area contributed by atoms with Crippen LogP contribution >= 0.6 is 0 Å². The van der Waals surface area contributed by atoms with Gasteiger partial charge in [0.25, 0.3) is 0 Å². The van der Waals surface area contributed by atoms with Gasteiger partial charge in [-0.1, -0.05) is 58.8 Å². The molecule has 0 bridgehead atoms. The van der Waals surface area contributed by atoms with Crippen molar-refractivity contribution in [1.82, 2.24) is 0 Å². The molecular weight excluding hydrogens is 376 g/mol. The van der Waals surface area contributed by atoms with E-state index in [1.165, 1.54) is 69.9 Å². The lowest BCUT2D eigenvalue weighted by Crippen LogP contribution is -2.28. The van der Waals surface area contributed by atoms with E-state index in [9.17, 15) is 8.78 Å². The zero-order valence-corrected chi connectivity index (χ0v) is 18.9. The first kappa shape index (κ1) is 23.2. The Morgan fingerprint density at radius 2 is 1.47 bits per heavy atom. The van der Waals surface area contributed by atoms with Gasteiger partial charge < -0.3 is 0 Å². The van der Waals surface area contributed by atoms with Crippen LogP contribution in [0, 0.1) is 46.6 Å². The molecule has 3 heteroatoms. The highest BCUT2D eigenvalue weighted by atomic mass is 19.1. The molecule has 1 nitrogen and oxygen atoms in total. The Morgan fingerprint density at radius 1 is 0.900 bits per heavy atom. The molecule has 2 aliphatic rings. The molecule has 1 atom stereocenters. The highest BCUT2D eigenvalue weighted by Gasteiger charge is 2.33. The number of hydrogen-bond acceptors (Lipinski definition) is 1. The maximum atomic E-state index is 14.0. The molecule has 0 amide bonds. The van der Waals surface area contributed by atoms with Crippen LogP contribution in [0.3, 0.4) is 0 Å². The molecule has 0 spiro atoms. The molecule has 166 valence electrons. The summed E-state index contributed by atoms with van der Waals surface area (Å²) in [5.74, 6) is 2.14. The molecule has 0 N–H and O–H groups in total. The first-order valence-electron chi connectivity index (χ1n) is 12.4. The number of benzene rings is 1. The van der Waals surface area contributed by atoms with Crippen molar-refractivity contribution in [1.29, 1.82) is 5.26 Å². The molecule has 2 saturated carbocycles. The van der Waals surface area contributed by atoms with Gasteiger partial charge in [-0.25, -0.2) is 8.78 Å². The SMILES string of the molecule is CCCCCCC1CCC(C(C)[C@H]2CC[C@H](c3cc(F)c(C#N)c(F)c3)CC2)CC1. The maximum Gasteiger partial charge on any atom is 0.144 e. The zero-order chi connectivity index (χ0) is 21.5. The van der Waals surface area contributed by atoms with E-state index < -0.39 is 17.2 Å². The van der Waals surface area contributed by atoms with Crippen molar-refractivity contribution in [3.8, 4) is 6.07 Å². The van der Waals surface area contributed by atoms with Crippen LogP contribution in [0.5, 0.6) is 0 Å². The van der Waals surface area contributed by atoms with Crippen LogP contribution in [0.25, 0.3) is 0 Å². The third-order valence-corrected chi connectivity index (χ3v) is 8.26. The number of nitrogens with zero attached hydrogens (tertiary/aromatic N) is 1. The van der Waals surface area contributed by atoms with Gasteiger partial charge in [-0.15, -0.1) is 0 Å². The average molecular weight is 416 g/mol. The van der Waals surface area contributed by atoms with Crippen LogP contribution in [0.1, 0.15) is 114 Å². The topological polar surface area (TPSA) is 23.8 Å². The number of halogens is 2. The summed E-state index contributed by atoms with van der Waals surface area (Å²) < 4.78 is 28.0. The van der Waals surface area contributed by atoms with E-state index in [0.717, 1.165) is 54.9 Å². The molecular formula is C27H39F2N. The van der Waals surface area contributed by atoms with Crippen molar-refractivity contribution in [2.75, 3.05) is 0 Å². The molecule has 30 heavy (non-hydrogen) atoms. The lowest BCUT2D eigenvalue weighted by Gasteiger charge is -2.39. The van der Waals surface area contributed by atoms with E-state index in [1.807, 2.05) is 0 Å². The predicted octanol–water partition coefficient (Wildman–Crippen LogP) is 8.52. The van der Waals surface area contributed by atoms with Gasteiger partial charge in [-0.2, -0.15) is 5.26 Å². The van der Waals surface area contributed by atoms with E-state index in [-0.39, 0.29) is 5.92 Å². The fourth-order valence-electron chi connectivity index (χ4n) is 6.16. The Morgan fingerprint density at radius 3 is 2.00 bits per heavy atom. The van der Waals surface area contributed by atoms with Gasteiger partial charge in [0.1, 0.15) is 23.3 Å². The fraction of sp³-hybridized carbons (Fsp3) is 0.741. The van der Waals surface area contributed by atoms with Gasteiger partial charge in [0.15, 0.2) is 0 Å². The van der Waals surface area contributed by atoms with E-state index in [4.69, 9.17) is 5.26 Å². The first-order chi connectivity index (χ1) is 14.5. The Hall–Kier alpha value is -1.43. The minimum absolute atomic E-state index is 0.226. The smallest absolute Gasteiger partial charge is 0.144 e. The third kappa shape index (κ3) is 5.83. The summed E-state index contributed by atoms with van der Waals surface area (Å²) in [4.78, 5) is 0. The van der Waals surface area contributed by atoms with Gasteiger partial charge in [-0.05, 0) is 85.8 Å². The highest BCUT2D eigenvalue weighted by Crippen LogP contribution is 2.45. The molecule has 0 saturated heterocycles.